The first kappa shape index (κ1) is 23.1. The molecule has 0 unspecified atom stereocenters. The summed E-state index contributed by atoms with van der Waals surface area (Å²) < 4.78 is 4.96. The Labute approximate surface area is 162 Å². The van der Waals surface area contributed by atoms with Gasteiger partial charge in [0.2, 0.25) is 5.91 Å². The normalized spacial score (nSPS) is 13.0. The number of carbonyl (C=O) groups excluding carboxylic acids is 4. The molecule has 0 radical (unpaired) electrons. The molecule has 0 saturated carbocycles. The third-order valence-electron chi connectivity index (χ3n) is 3.86. The first-order chi connectivity index (χ1) is 13.3. The van der Waals surface area contributed by atoms with Gasteiger partial charge in [0.15, 0.2) is 0 Å². The van der Waals surface area contributed by atoms with Gasteiger partial charge in [-0.2, -0.15) is 0 Å². The quantitative estimate of drug-likeness (QED) is 0.265. The Morgan fingerprint density at radius 3 is 2.36 bits per heavy atom. The minimum atomic E-state index is -1.00. The average molecular weight is 398 g/mol. The van der Waals surface area contributed by atoms with Crippen molar-refractivity contribution in [1.29, 1.82) is 0 Å². The van der Waals surface area contributed by atoms with E-state index < -0.39 is 23.8 Å². The zero-order valence-corrected chi connectivity index (χ0v) is 15.8. The summed E-state index contributed by atoms with van der Waals surface area (Å²) >= 11 is 0. The van der Waals surface area contributed by atoms with E-state index >= 15 is 0 Å². The summed E-state index contributed by atoms with van der Waals surface area (Å²) in [6.07, 6.45) is 2.64. The summed E-state index contributed by atoms with van der Waals surface area (Å²) in [5.41, 5.74) is 0. The Morgan fingerprint density at radius 2 is 1.75 bits per heavy atom. The molecule has 1 heterocycles. The van der Waals surface area contributed by atoms with Gasteiger partial charge in [-0.15, -0.1) is 0 Å². The second-order valence-electron chi connectivity index (χ2n) is 5.97. The number of carboxylic acid groups (broad SMARTS) is 1. The average Bonchev–Trinajstić information content (AvgIpc) is 2.96. The van der Waals surface area contributed by atoms with Crippen molar-refractivity contribution in [3.8, 4) is 0 Å². The molecule has 0 aromatic carbocycles. The number of hydrogen-bond donors (Lipinski definition) is 3. The summed E-state index contributed by atoms with van der Waals surface area (Å²) in [5, 5.41) is 13.8. The van der Waals surface area contributed by atoms with Gasteiger partial charge in [-0.3, -0.25) is 24.1 Å². The van der Waals surface area contributed by atoms with Crippen LogP contribution in [0.3, 0.4) is 0 Å². The highest BCUT2D eigenvalue weighted by molar-refractivity contribution is 6.13. The molecule has 0 bridgehead atoms. The standard InChI is InChI=1S/C17H26N4O7/c1-28-12-11-20(17(27)19-8-5-16(25)26)9-2-7-18-13(22)6-10-21-14(23)3-4-15(21)24/h3-4H,2,5-12H2,1H3,(H,18,22)(H,19,27)(H,25,26). The molecule has 0 spiro atoms. The van der Waals surface area contributed by atoms with Gasteiger partial charge in [0.1, 0.15) is 0 Å². The number of carbonyl (C=O) groups is 5. The van der Waals surface area contributed by atoms with Crippen molar-refractivity contribution in [1.82, 2.24) is 20.4 Å². The maximum absolute atomic E-state index is 12.1. The molecule has 1 aliphatic heterocycles. The molecule has 156 valence electrons. The lowest BCUT2D eigenvalue weighted by atomic mass is 10.3. The molecule has 0 atom stereocenters. The lowest BCUT2D eigenvalue weighted by Gasteiger charge is -2.22. The fourth-order valence-electron chi connectivity index (χ4n) is 2.36. The highest BCUT2D eigenvalue weighted by atomic mass is 16.5. The van der Waals surface area contributed by atoms with E-state index in [1.165, 1.54) is 12.0 Å². The maximum atomic E-state index is 12.1. The van der Waals surface area contributed by atoms with Gasteiger partial charge in [-0.05, 0) is 6.42 Å². The minimum Gasteiger partial charge on any atom is -0.481 e. The van der Waals surface area contributed by atoms with Gasteiger partial charge in [-0.25, -0.2) is 4.79 Å². The second kappa shape index (κ2) is 12.4. The highest BCUT2D eigenvalue weighted by Gasteiger charge is 2.23. The summed E-state index contributed by atoms with van der Waals surface area (Å²) in [4.78, 5) is 59.7. The SMILES string of the molecule is COCCN(CCCNC(=O)CCN1C(=O)C=CC1=O)C(=O)NCCC(=O)O. The highest BCUT2D eigenvalue weighted by Crippen LogP contribution is 2.04. The zero-order chi connectivity index (χ0) is 20.9. The number of methoxy groups -OCH3 is 1. The molecular formula is C17H26N4O7. The van der Waals surface area contributed by atoms with E-state index in [1.54, 1.807) is 0 Å². The minimum absolute atomic E-state index is 0.00221. The Hall–Kier alpha value is -2.95. The number of amides is 5. The number of carboxylic acids is 1. The largest absolute Gasteiger partial charge is 0.481 e. The van der Waals surface area contributed by atoms with Crippen molar-refractivity contribution >= 4 is 29.7 Å². The van der Waals surface area contributed by atoms with Crippen molar-refractivity contribution in [3.63, 3.8) is 0 Å². The molecule has 0 fully saturated rings. The molecule has 28 heavy (non-hydrogen) atoms. The van der Waals surface area contributed by atoms with E-state index in [0.29, 0.717) is 32.7 Å². The van der Waals surface area contributed by atoms with Gasteiger partial charge in [0, 0.05) is 58.4 Å². The van der Waals surface area contributed by atoms with Crippen LogP contribution in [0.15, 0.2) is 12.2 Å². The number of urea groups is 1. The number of nitrogens with zero attached hydrogens (tertiary/aromatic N) is 2. The van der Waals surface area contributed by atoms with Crippen LogP contribution in [0.5, 0.6) is 0 Å². The second-order valence-corrected chi connectivity index (χ2v) is 5.97. The molecule has 1 rings (SSSR count). The van der Waals surface area contributed by atoms with Crippen LogP contribution in [-0.2, 0) is 23.9 Å². The smallest absolute Gasteiger partial charge is 0.317 e. The molecular weight excluding hydrogens is 372 g/mol. The summed E-state index contributed by atoms with van der Waals surface area (Å²) in [7, 11) is 1.51. The fraction of sp³-hybridized carbons (Fsp3) is 0.588. The first-order valence-corrected chi connectivity index (χ1v) is 8.89. The van der Waals surface area contributed by atoms with Crippen LogP contribution in [0.4, 0.5) is 4.79 Å². The van der Waals surface area contributed by atoms with Gasteiger partial charge in [-0.1, -0.05) is 0 Å². The number of rotatable bonds is 13. The Morgan fingerprint density at radius 1 is 1.07 bits per heavy atom. The third-order valence-corrected chi connectivity index (χ3v) is 3.86. The van der Waals surface area contributed by atoms with Crippen LogP contribution in [0, 0.1) is 0 Å². The first-order valence-electron chi connectivity index (χ1n) is 8.89. The molecule has 3 N–H and O–H groups in total. The fourth-order valence-corrected chi connectivity index (χ4v) is 2.36. The summed E-state index contributed by atoms with van der Waals surface area (Å²) in [6, 6.07) is -0.400. The Bertz CT molecular complexity index is 603. The summed E-state index contributed by atoms with van der Waals surface area (Å²) in [5.74, 6) is -2.16. The lowest BCUT2D eigenvalue weighted by Crippen LogP contribution is -2.43. The molecule has 0 aromatic heterocycles. The number of nitrogens with one attached hydrogen (secondary N) is 2. The Balaban J connectivity index is 2.27. The molecule has 11 heteroatoms. The van der Waals surface area contributed by atoms with E-state index in [-0.39, 0.29) is 31.8 Å². The predicted octanol–water partition coefficient (Wildman–Crippen LogP) is -1.06. The number of aliphatic carboxylic acids is 1. The topological polar surface area (TPSA) is 145 Å². The van der Waals surface area contributed by atoms with E-state index in [1.807, 2.05) is 0 Å². The number of ether oxygens (including phenoxy) is 1. The summed E-state index contributed by atoms with van der Waals surface area (Å²) in [6.45, 7) is 1.35. The van der Waals surface area contributed by atoms with E-state index in [4.69, 9.17) is 9.84 Å². The van der Waals surface area contributed by atoms with Gasteiger partial charge in [0.05, 0.1) is 13.0 Å². The zero-order valence-electron chi connectivity index (χ0n) is 15.8. The third kappa shape index (κ3) is 8.62. The van der Waals surface area contributed by atoms with E-state index in [9.17, 15) is 24.0 Å². The number of imide groups is 1. The lowest BCUT2D eigenvalue weighted by molar-refractivity contribution is -0.138. The van der Waals surface area contributed by atoms with E-state index in [0.717, 1.165) is 17.1 Å². The Kier molecular flexibility index (Phi) is 10.3. The van der Waals surface area contributed by atoms with Gasteiger partial charge >= 0.3 is 12.0 Å². The monoisotopic (exact) mass is 398 g/mol. The van der Waals surface area contributed by atoms with Crippen LogP contribution >= 0.6 is 0 Å². The van der Waals surface area contributed by atoms with Crippen LogP contribution < -0.4 is 10.6 Å². The maximum Gasteiger partial charge on any atom is 0.317 e. The molecule has 0 aromatic rings. The molecule has 0 aliphatic carbocycles. The number of hydrogen-bond acceptors (Lipinski definition) is 6. The van der Waals surface area contributed by atoms with Crippen molar-refractivity contribution in [3.05, 3.63) is 12.2 Å². The predicted molar refractivity (Wildman–Crippen MR) is 97.2 cm³/mol. The van der Waals surface area contributed by atoms with Crippen molar-refractivity contribution in [2.24, 2.45) is 0 Å². The van der Waals surface area contributed by atoms with Crippen LogP contribution in [0.25, 0.3) is 0 Å². The molecule has 5 amide bonds. The van der Waals surface area contributed by atoms with Crippen LogP contribution in [-0.4, -0.2) is 91.1 Å². The van der Waals surface area contributed by atoms with E-state index in [2.05, 4.69) is 10.6 Å². The molecule has 1 aliphatic rings. The van der Waals surface area contributed by atoms with Crippen LogP contribution in [0.2, 0.25) is 0 Å². The van der Waals surface area contributed by atoms with Gasteiger partial charge in [0.25, 0.3) is 11.8 Å². The van der Waals surface area contributed by atoms with Gasteiger partial charge < -0.3 is 25.4 Å². The van der Waals surface area contributed by atoms with Crippen LogP contribution in [0.1, 0.15) is 19.3 Å². The molecule has 11 nitrogen and oxygen atoms in total. The molecule has 0 saturated heterocycles. The van der Waals surface area contributed by atoms with Crippen molar-refractivity contribution in [2.45, 2.75) is 19.3 Å². The van der Waals surface area contributed by atoms with Crippen molar-refractivity contribution < 1.29 is 33.8 Å². The van der Waals surface area contributed by atoms with Crippen molar-refractivity contribution in [2.75, 3.05) is 46.4 Å².